The van der Waals surface area contributed by atoms with E-state index in [9.17, 15) is 13.6 Å². The topological polar surface area (TPSA) is 64.3 Å². The Balaban J connectivity index is 2.03. The van der Waals surface area contributed by atoms with Crippen LogP contribution in [-0.2, 0) is 4.74 Å². The van der Waals surface area contributed by atoms with Gasteiger partial charge in [0.15, 0.2) is 11.6 Å². The van der Waals surface area contributed by atoms with Crippen LogP contribution in [-0.4, -0.2) is 25.2 Å². The van der Waals surface area contributed by atoms with Gasteiger partial charge in [0.2, 0.25) is 0 Å². The maximum atomic E-state index is 13.0. The minimum atomic E-state index is -1.09. The van der Waals surface area contributed by atoms with E-state index in [1.54, 1.807) is 7.11 Å². The Hall–Kier alpha value is -1.69. The van der Waals surface area contributed by atoms with E-state index in [2.05, 4.69) is 5.32 Å². The van der Waals surface area contributed by atoms with Crippen molar-refractivity contribution in [2.24, 2.45) is 0 Å². The van der Waals surface area contributed by atoms with E-state index in [1.165, 1.54) is 0 Å². The zero-order chi connectivity index (χ0) is 13.3. The summed E-state index contributed by atoms with van der Waals surface area (Å²) in [5, 5.41) is 2.70. The number of carbonyl (C=O) groups is 1. The summed E-state index contributed by atoms with van der Waals surface area (Å²) in [7, 11) is 1.61. The molecule has 1 saturated carbocycles. The molecule has 0 heterocycles. The van der Waals surface area contributed by atoms with E-state index in [-0.39, 0.29) is 23.4 Å². The van der Waals surface area contributed by atoms with E-state index in [1.807, 2.05) is 0 Å². The molecule has 18 heavy (non-hydrogen) atoms. The molecule has 2 rings (SSSR count). The second-order valence-electron chi connectivity index (χ2n) is 4.35. The van der Waals surface area contributed by atoms with Crippen molar-refractivity contribution >= 4 is 11.6 Å². The SMILES string of the molecule is COC1CC(NC(=O)c2cc(F)c(F)cc2N)C1. The summed E-state index contributed by atoms with van der Waals surface area (Å²) in [6.45, 7) is 0. The van der Waals surface area contributed by atoms with Crippen molar-refractivity contribution in [1.82, 2.24) is 5.32 Å². The molecule has 0 aliphatic heterocycles. The third-order valence-electron chi connectivity index (χ3n) is 3.10. The Morgan fingerprint density at radius 2 is 2.00 bits per heavy atom. The van der Waals surface area contributed by atoms with Crippen LogP contribution in [0.15, 0.2) is 12.1 Å². The van der Waals surface area contributed by atoms with Gasteiger partial charge in [-0.05, 0) is 18.9 Å². The molecule has 1 aromatic carbocycles. The molecule has 6 heteroatoms. The number of rotatable bonds is 3. The summed E-state index contributed by atoms with van der Waals surface area (Å²) in [6.07, 6.45) is 1.58. The number of carbonyl (C=O) groups excluding carboxylic acids is 1. The van der Waals surface area contributed by atoms with Crippen LogP contribution in [0, 0.1) is 11.6 Å². The highest BCUT2D eigenvalue weighted by Crippen LogP contribution is 2.24. The van der Waals surface area contributed by atoms with Gasteiger partial charge in [0.1, 0.15) is 0 Å². The number of anilines is 1. The maximum Gasteiger partial charge on any atom is 0.253 e. The Kier molecular flexibility index (Phi) is 3.47. The first kappa shape index (κ1) is 12.8. The molecule has 0 atom stereocenters. The predicted molar refractivity (Wildman–Crippen MR) is 62.1 cm³/mol. The number of nitrogen functional groups attached to an aromatic ring is 1. The number of methoxy groups -OCH3 is 1. The van der Waals surface area contributed by atoms with E-state index in [0.29, 0.717) is 12.8 Å². The number of hydrogen-bond donors (Lipinski definition) is 2. The van der Waals surface area contributed by atoms with Crippen molar-refractivity contribution in [2.75, 3.05) is 12.8 Å². The van der Waals surface area contributed by atoms with Gasteiger partial charge in [0.05, 0.1) is 11.7 Å². The van der Waals surface area contributed by atoms with Gasteiger partial charge in [-0.2, -0.15) is 0 Å². The first-order chi connectivity index (χ1) is 8.51. The molecule has 3 N–H and O–H groups in total. The number of hydrogen-bond acceptors (Lipinski definition) is 3. The summed E-state index contributed by atoms with van der Waals surface area (Å²) < 4.78 is 31.0. The van der Waals surface area contributed by atoms with Gasteiger partial charge in [-0.3, -0.25) is 4.79 Å². The lowest BCUT2D eigenvalue weighted by Gasteiger charge is -2.34. The molecule has 0 aromatic heterocycles. The van der Waals surface area contributed by atoms with Crippen molar-refractivity contribution in [2.45, 2.75) is 25.0 Å². The minimum Gasteiger partial charge on any atom is -0.398 e. The summed E-state index contributed by atoms with van der Waals surface area (Å²) in [6, 6.07) is 1.62. The van der Waals surface area contributed by atoms with Crippen LogP contribution in [0.1, 0.15) is 23.2 Å². The van der Waals surface area contributed by atoms with E-state index in [4.69, 9.17) is 10.5 Å². The normalized spacial score (nSPS) is 22.4. The zero-order valence-corrected chi connectivity index (χ0v) is 9.87. The van der Waals surface area contributed by atoms with Crippen LogP contribution in [0.2, 0.25) is 0 Å². The average Bonchev–Trinajstić information content (AvgIpc) is 2.27. The Morgan fingerprint density at radius 1 is 1.39 bits per heavy atom. The van der Waals surface area contributed by atoms with Crippen LogP contribution in [0.3, 0.4) is 0 Å². The first-order valence-electron chi connectivity index (χ1n) is 5.59. The Labute approximate surface area is 103 Å². The summed E-state index contributed by atoms with van der Waals surface area (Å²) >= 11 is 0. The van der Waals surface area contributed by atoms with Crippen LogP contribution in [0.5, 0.6) is 0 Å². The number of nitrogens with one attached hydrogen (secondary N) is 1. The number of ether oxygens (including phenoxy) is 1. The largest absolute Gasteiger partial charge is 0.398 e. The molecular weight excluding hydrogens is 242 g/mol. The highest BCUT2D eigenvalue weighted by Gasteiger charge is 2.30. The van der Waals surface area contributed by atoms with Crippen molar-refractivity contribution < 1.29 is 18.3 Å². The standard InChI is InChI=1S/C12H14F2N2O2/c1-18-7-2-6(3-7)16-12(17)8-4-9(13)10(14)5-11(8)15/h4-7H,2-3,15H2,1H3,(H,16,17). The van der Waals surface area contributed by atoms with Gasteiger partial charge in [-0.15, -0.1) is 0 Å². The lowest BCUT2D eigenvalue weighted by atomic mass is 9.89. The monoisotopic (exact) mass is 256 g/mol. The fourth-order valence-corrected chi connectivity index (χ4v) is 1.90. The summed E-state index contributed by atoms with van der Waals surface area (Å²) in [5.41, 5.74) is 5.37. The molecular formula is C12H14F2N2O2. The summed E-state index contributed by atoms with van der Waals surface area (Å²) in [5.74, 6) is -2.64. The molecule has 0 radical (unpaired) electrons. The Bertz CT molecular complexity index is 473. The number of nitrogens with two attached hydrogens (primary N) is 1. The molecule has 1 aliphatic carbocycles. The third kappa shape index (κ3) is 2.43. The molecule has 1 aliphatic rings. The van der Waals surface area contributed by atoms with Gasteiger partial charge in [-0.1, -0.05) is 0 Å². The van der Waals surface area contributed by atoms with Crippen LogP contribution in [0.25, 0.3) is 0 Å². The maximum absolute atomic E-state index is 13.0. The number of amides is 1. The fraction of sp³-hybridized carbons (Fsp3) is 0.417. The fourth-order valence-electron chi connectivity index (χ4n) is 1.90. The molecule has 0 spiro atoms. The quantitative estimate of drug-likeness (QED) is 0.805. The van der Waals surface area contributed by atoms with Gasteiger partial charge < -0.3 is 15.8 Å². The Morgan fingerprint density at radius 3 is 2.61 bits per heavy atom. The molecule has 4 nitrogen and oxygen atoms in total. The van der Waals surface area contributed by atoms with Crippen molar-refractivity contribution in [3.8, 4) is 0 Å². The lowest BCUT2D eigenvalue weighted by Crippen LogP contribution is -2.47. The zero-order valence-electron chi connectivity index (χ0n) is 9.87. The first-order valence-corrected chi connectivity index (χ1v) is 5.59. The van der Waals surface area contributed by atoms with Crippen LogP contribution in [0.4, 0.5) is 14.5 Å². The van der Waals surface area contributed by atoms with Crippen molar-refractivity contribution in [3.63, 3.8) is 0 Å². The van der Waals surface area contributed by atoms with Gasteiger partial charge in [0, 0.05) is 24.9 Å². The van der Waals surface area contributed by atoms with E-state index in [0.717, 1.165) is 12.1 Å². The second-order valence-corrected chi connectivity index (χ2v) is 4.35. The van der Waals surface area contributed by atoms with Gasteiger partial charge in [-0.25, -0.2) is 8.78 Å². The molecule has 1 fully saturated rings. The van der Waals surface area contributed by atoms with Crippen molar-refractivity contribution in [1.29, 1.82) is 0 Å². The van der Waals surface area contributed by atoms with E-state index < -0.39 is 17.5 Å². The highest BCUT2D eigenvalue weighted by molar-refractivity contribution is 5.99. The van der Waals surface area contributed by atoms with Crippen LogP contribution >= 0.6 is 0 Å². The predicted octanol–water partition coefficient (Wildman–Crippen LogP) is 1.45. The molecule has 1 amide bonds. The number of benzene rings is 1. The van der Waals surface area contributed by atoms with Crippen LogP contribution < -0.4 is 11.1 Å². The molecule has 0 unspecified atom stereocenters. The molecule has 0 bridgehead atoms. The van der Waals surface area contributed by atoms with Gasteiger partial charge >= 0.3 is 0 Å². The number of halogens is 2. The molecule has 1 aromatic rings. The molecule has 0 saturated heterocycles. The average molecular weight is 256 g/mol. The smallest absolute Gasteiger partial charge is 0.253 e. The van der Waals surface area contributed by atoms with E-state index >= 15 is 0 Å². The minimum absolute atomic E-state index is 0.00466. The summed E-state index contributed by atoms with van der Waals surface area (Å²) in [4.78, 5) is 11.8. The lowest BCUT2D eigenvalue weighted by molar-refractivity contribution is 0.0176. The highest BCUT2D eigenvalue weighted by atomic mass is 19.2. The van der Waals surface area contributed by atoms with Crippen molar-refractivity contribution in [3.05, 3.63) is 29.3 Å². The second kappa shape index (κ2) is 4.89. The van der Waals surface area contributed by atoms with Gasteiger partial charge in [0.25, 0.3) is 5.91 Å². The third-order valence-corrected chi connectivity index (χ3v) is 3.10. The molecule has 98 valence electrons.